The highest BCUT2D eigenvalue weighted by atomic mass is 35.5. The fraction of sp³-hybridized carbons (Fsp3) is 0.381. The Kier molecular flexibility index (Phi) is 7.33. The molecule has 2 N–H and O–H groups in total. The van der Waals surface area contributed by atoms with Crippen molar-refractivity contribution in [1.29, 1.82) is 0 Å². The number of aryl methyl sites for hydroxylation is 1. The molecule has 0 radical (unpaired) electrons. The summed E-state index contributed by atoms with van der Waals surface area (Å²) in [6.07, 6.45) is 1.03. The van der Waals surface area contributed by atoms with Crippen LogP contribution in [0, 0.1) is 6.92 Å². The van der Waals surface area contributed by atoms with Gasteiger partial charge in [0.05, 0.1) is 27.1 Å². The molecule has 160 valence electrons. The maximum atomic E-state index is 12.7. The minimum atomic E-state index is -0.319. The van der Waals surface area contributed by atoms with E-state index in [9.17, 15) is 14.4 Å². The van der Waals surface area contributed by atoms with E-state index in [0.29, 0.717) is 53.0 Å². The highest BCUT2D eigenvalue weighted by Crippen LogP contribution is 2.28. The quantitative estimate of drug-likeness (QED) is 0.711. The molecule has 1 aliphatic rings. The van der Waals surface area contributed by atoms with Crippen molar-refractivity contribution in [3.05, 3.63) is 51.4 Å². The van der Waals surface area contributed by atoms with Crippen LogP contribution < -0.4 is 10.6 Å². The number of ether oxygens (including phenoxy) is 1. The van der Waals surface area contributed by atoms with Crippen LogP contribution in [0.4, 0.5) is 9.80 Å². The average Bonchev–Trinajstić information content (AvgIpc) is 3.09. The molecule has 3 amide bonds. The number of anilines is 1. The van der Waals surface area contributed by atoms with E-state index in [4.69, 9.17) is 16.3 Å². The number of hydrogen-bond acceptors (Lipinski definition) is 5. The molecule has 1 aromatic heterocycles. The molecule has 1 fully saturated rings. The molecule has 9 heteroatoms. The number of nitrogens with zero attached hydrogens (tertiary/aromatic N) is 1. The van der Waals surface area contributed by atoms with Crippen LogP contribution in [0.5, 0.6) is 0 Å². The Morgan fingerprint density at radius 3 is 2.57 bits per heavy atom. The van der Waals surface area contributed by atoms with Gasteiger partial charge in [0, 0.05) is 19.1 Å². The van der Waals surface area contributed by atoms with Gasteiger partial charge in [-0.3, -0.25) is 9.59 Å². The van der Waals surface area contributed by atoms with E-state index in [1.807, 2.05) is 6.92 Å². The lowest BCUT2D eigenvalue weighted by atomic mass is 10.1. The third kappa shape index (κ3) is 5.31. The number of thiophene rings is 1. The summed E-state index contributed by atoms with van der Waals surface area (Å²) < 4.78 is 5.02. The molecular formula is C21H24ClN3O4S. The average molecular weight is 450 g/mol. The third-order valence-corrected chi connectivity index (χ3v) is 6.32. The summed E-state index contributed by atoms with van der Waals surface area (Å²) in [6, 6.07) is 8.57. The van der Waals surface area contributed by atoms with Crippen molar-refractivity contribution in [1.82, 2.24) is 10.2 Å². The number of nitrogens with one attached hydrogen (secondary N) is 2. The largest absolute Gasteiger partial charge is 0.450 e. The second-order valence-corrected chi connectivity index (χ2v) is 8.45. The van der Waals surface area contributed by atoms with Gasteiger partial charge in [-0.25, -0.2) is 4.79 Å². The Bertz CT molecular complexity index is 938. The number of carbonyl (C=O) groups is 3. The monoisotopic (exact) mass is 449 g/mol. The number of benzene rings is 1. The first-order valence-corrected chi connectivity index (χ1v) is 11.0. The van der Waals surface area contributed by atoms with Gasteiger partial charge in [0.1, 0.15) is 0 Å². The maximum Gasteiger partial charge on any atom is 0.409 e. The molecule has 1 aromatic carbocycles. The Balaban J connectivity index is 1.57. The Morgan fingerprint density at radius 1 is 1.20 bits per heavy atom. The van der Waals surface area contributed by atoms with E-state index in [1.165, 1.54) is 11.3 Å². The number of hydrogen-bond donors (Lipinski definition) is 2. The summed E-state index contributed by atoms with van der Waals surface area (Å²) >= 11 is 7.30. The number of rotatable bonds is 5. The molecule has 7 nitrogen and oxygen atoms in total. The molecule has 3 rings (SSSR count). The predicted molar refractivity (Wildman–Crippen MR) is 118 cm³/mol. The minimum absolute atomic E-state index is 0.00848. The Hall–Kier alpha value is -2.58. The van der Waals surface area contributed by atoms with Gasteiger partial charge in [-0.15, -0.1) is 11.3 Å². The molecule has 30 heavy (non-hydrogen) atoms. The van der Waals surface area contributed by atoms with Crippen molar-refractivity contribution < 1.29 is 19.1 Å². The Morgan fingerprint density at radius 2 is 1.90 bits per heavy atom. The minimum Gasteiger partial charge on any atom is -0.450 e. The lowest BCUT2D eigenvalue weighted by Gasteiger charge is -2.31. The van der Waals surface area contributed by atoms with Crippen LogP contribution in [-0.2, 0) is 4.74 Å². The molecule has 1 saturated heterocycles. The topological polar surface area (TPSA) is 87.7 Å². The van der Waals surface area contributed by atoms with E-state index < -0.39 is 0 Å². The van der Waals surface area contributed by atoms with Crippen molar-refractivity contribution in [3.63, 3.8) is 0 Å². The molecule has 0 saturated carbocycles. The zero-order chi connectivity index (χ0) is 21.7. The van der Waals surface area contributed by atoms with E-state index in [0.717, 1.165) is 5.56 Å². The third-order valence-electron chi connectivity index (χ3n) is 4.84. The second-order valence-electron chi connectivity index (χ2n) is 6.99. The highest BCUT2D eigenvalue weighted by molar-refractivity contribution is 7.18. The van der Waals surface area contributed by atoms with Crippen molar-refractivity contribution in [2.75, 3.05) is 25.0 Å². The first-order valence-electron chi connectivity index (χ1n) is 9.78. The number of piperidine rings is 1. The molecule has 2 aromatic rings. The zero-order valence-corrected chi connectivity index (χ0v) is 18.4. The van der Waals surface area contributed by atoms with Crippen LogP contribution in [0.1, 0.15) is 45.4 Å². The normalized spacial score (nSPS) is 14.3. The van der Waals surface area contributed by atoms with Crippen molar-refractivity contribution >= 4 is 45.8 Å². The van der Waals surface area contributed by atoms with Crippen LogP contribution in [0.25, 0.3) is 0 Å². The van der Waals surface area contributed by atoms with Gasteiger partial charge in [-0.1, -0.05) is 23.7 Å². The number of amides is 3. The van der Waals surface area contributed by atoms with Crippen LogP contribution >= 0.6 is 22.9 Å². The summed E-state index contributed by atoms with van der Waals surface area (Å²) in [5.41, 5.74) is 1.17. The Labute approximate surface area is 184 Å². The summed E-state index contributed by atoms with van der Waals surface area (Å²) in [4.78, 5) is 39.2. The summed E-state index contributed by atoms with van der Waals surface area (Å²) in [6.45, 7) is 5.06. The fourth-order valence-electron chi connectivity index (χ4n) is 3.27. The smallest absolute Gasteiger partial charge is 0.409 e. The molecule has 1 aliphatic heterocycles. The van der Waals surface area contributed by atoms with E-state index in [2.05, 4.69) is 10.6 Å². The molecule has 0 bridgehead atoms. The first-order chi connectivity index (χ1) is 14.4. The molecule has 0 aliphatic carbocycles. The number of halogens is 1. The summed E-state index contributed by atoms with van der Waals surface area (Å²) in [7, 11) is 0. The van der Waals surface area contributed by atoms with Crippen molar-refractivity contribution in [2.24, 2.45) is 0 Å². The van der Waals surface area contributed by atoms with Gasteiger partial charge < -0.3 is 20.3 Å². The fourth-order valence-corrected chi connectivity index (χ4v) is 4.46. The predicted octanol–water partition coefficient (Wildman–Crippen LogP) is 4.31. The molecule has 0 atom stereocenters. The van der Waals surface area contributed by atoms with Crippen molar-refractivity contribution in [3.8, 4) is 0 Å². The standard InChI is InChI=1S/C21H24ClN3O4S/c1-3-29-21(28)25-10-8-14(9-11-25)23-20(27)18-13(2)12-17(30-18)24-19(26)15-6-4-5-7-16(15)22/h4-7,12,14H,3,8-11H2,1-2H3,(H,23,27)(H,24,26). The summed E-state index contributed by atoms with van der Waals surface area (Å²) in [5, 5.41) is 6.79. The van der Waals surface area contributed by atoms with Crippen LogP contribution in [0.3, 0.4) is 0 Å². The van der Waals surface area contributed by atoms with Crippen LogP contribution in [0.2, 0.25) is 5.02 Å². The van der Waals surface area contributed by atoms with E-state index in [1.54, 1.807) is 42.2 Å². The second kappa shape index (κ2) is 9.95. The van der Waals surface area contributed by atoms with Gasteiger partial charge in [-0.2, -0.15) is 0 Å². The molecule has 0 unspecified atom stereocenters. The van der Waals surface area contributed by atoms with Gasteiger partial charge in [0.25, 0.3) is 11.8 Å². The van der Waals surface area contributed by atoms with Crippen LogP contribution in [-0.4, -0.2) is 48.5 Å². The van der Waals surface area contributed by atoms with Gasteiger partial charge in [0.15, 0.2) is 0 Å². The van der Waals surface area contributed by atoms with E-state index >= 15 is 0 Å². The lowest BCUT2D eigenvalue weighted by Crippen LogP contribution is -2.46. The van der Waals surface area contributed by atoms with Gasteiger partial charge in [-0.05, 0) is 50.5 Å². The SMILES string of the molecule is CCOC(=O)N1CCC(NC(=O)c2sc(NC(=O)c3ccccc3Cl)cc2C)CC1. The van der Waals surface area contributed by atoms with E-state index in [-0.39, 0.29) is 23.9 Å². The molecule has 0 spiro atoms. The van der Waals surface area contributed by atoms with Gasteiger partial charge >= 0.3 is 6.09 Å². The first kappa shape index (κ1) is 22.1. The summed E-state index contributed by atoms with van der Waals surface area (Å²) in [5.74, 6) is -0.495. The zero-order valence-electron chi connectivity index (χ0n) is 16.9. The maximum absolute atomic E-state index is 12.7. The highest BCUT2D eigenvalue weighted by Gasteiger charge is 2.26. The van der Waals surface area contributed by atoms with Gasteiger partial charge in [0.2, 0.25) is 0 Å². The van der Waals surface area contributed by atoms with Crippen molar-refractivity contribution in [2.45, 2.75) is 32.7 Å². The molecular weight excluding hydrogens is 426 g/mol. The number of likely N-dealkylation sites (tertiary alicyclic amines) is 1. The lowest BCUT2D eigenvalue weighted by molar-refractivity contribution is 0.0861. The van der Waals surface area contributed by atoms with Crippen LogP contribution in [0.15, 0.2) is 30.3 Å². The number of carbonyl (C=O) groups excluding carboxylic acids is 3. The molecule has 2 heterocycles.